The Bertz CT molecular complexity index is 1040. The molecule has 0 radical (unpaired) electrons. The summed E-state index contributed by atoms with van der Waals surface area (Å²) < 4.78 is 6.92. The number of nitrogens with zero attached hydrogens (tertiary/aromatic N) is 4. The van der Waals surface area contributed by atoms with Crippen LogP contribution in [0.25, 0.3) is 11.3 Å². The Morgan fingerprint density at radius 3 is 2.45 bits per heavy atom. The van der Waals surface area contributed by atoms with E-state index >= 15 is 0 Å². The molecule has 5 rings (SSSR count). The minimum atomic E-state index is -1.05. The predicted molar refractivity (Wildman–Crippen MR) is 124 cm³/mol. The molecule has 3 fully saturated rings. The lowest BCUT2D eigenvalue weighted by Crippen LogP contribution is -2.63. The van der Waals surface area contributed by atoms with E-state index < -0.39 is 11.0 Å². The van der Waals surface area contributed by atoms with Gasteiger partial charge < -0.3 is 19.6 Å². The number of urea groups is 1. The molecule has 0 bridgehead atoms. The first-order valence-corrected chi connectivity index (χ1v) is 12.0. The van der Waals surface area contributed by atoms with Gasteiger partial charge in [0.25, 0.3) is 5.56 Å². The molecule has 1 aromatic carbocycles. The van der Waals surface area contributed by atoms with Crippen molar-refractivity contribution in [3.63, 3.8) is 0 Å². The number of ether oxygens (including phenoxy) is 1. The Morgan fingerprint density at radius 1 is 1.03 bits per heavy atom. The smallest absolute Gasteiger partial charge is 0.320 e. The summed E-state index contributed by atoms with van der Waals surface area (Å²) >= 11 is 0. The van der Waals surface area contributed by atoms with Crippen LogP contribution in [0.2, 0.25) is 0 Å². The molecule has 3 aliphatic rings. The maximum Gasteiger partial charge on any atom is 0.320 e. The van der Waals surface area contributed by atoms with Crippen LogP contribution in [-0.2, 0) is 11.3 Å². The zero-order valence-corrected chi connectivity index (χ0v) is 19.0. The van der Waals surface area contributed by atoms with Crippen LogP contribution in [0.5, 0.6) is 0 Å². The highest BCUT2D eigenvalue weighted by Gasteiger charge is 2.56. The van der Waals surface area contributed by atoms with Crippen molar-refractivity contribution in [1.29, 1.82) is 0 Å². The average Bonchev–Trinajstić information content (AvgIpc) is 3.33. The van der Waals surface area contributed by atoms with E-state index in [2.05, 4.69) is 4.98 Å². The predicted octanol–water partition coefficient (Wildman–Crippen LogP) is 2.36. The van der Waals surface area contributed by atoms with Crippen LogP contribution < -0.4 is 5.56 Å². The molecular weight excluding hydrogens is 420 g/mol. The second-order valence-corrected chi connectivity index (χ2v) is 9.68. The van der Waals surface area contributed by atoms with Crippen LogP contribution in [0.4, 0.5) is 4.79 Å². The molecule has 8 nitrogen and oxygen atoms in total. The van der Waals surface area contributed by atoms with Crippen LogP contribution in [0.3, 0.4) is 0 Å². The average molecular weight is 453 g/mol. The quantitative estimate of drug-likeness (QED) is 0.773. The minimum Gasteiger partial charge on any atom is -0.387 e. The molecule has 2 saturated heterocycles. The second-order valence-electron chi connectivity index (χ2n) is 9.68. The van der Waals surface area contributed by atoms with Crippen molar-refractivity contribution in [2.75, 3.05) is 39.4 Å². The van der Waals surface area contributed by atoms with E-state index in [9.17, 15) is 14.7 Å². The molecule has 1 aliphatic carbocycles. The first-order valence-electron chi connectivity index (χ1n) is 12.0. The van der Waals surface area contributed by atoms with Crippen molar-refractivity contribution < 1.29 is 14.6 Å². The van der Waals surface area contributed by atoms with Crippen LogP contribution in [0.1, 0.15) is 32.1 Å². The number of carbonyl (C=O) groups excluding carboxylic acids is 1. The Hall–Kier alpha value is -2.71. The zero-order chi connectivity index (χ0) is 22.9. The van der Waals surface area contributed by atoms with Gasteiger partial charge in [-0.05, 0) is 19.3 Å². The van der Waals surface area contributed by atoms with Crippen molar-refractivity contribution in [3.05, 3.63) is 53.1 Å². The maximum absolute atomic E-state index is 13.1. The lowest BCUT2D eigenvalue weighted by atomic mass is 9.66. The molecule has 2 aromatic rings. The third-order valence-corrected chi connectivity index (χ3v) is 7.77. The first kappa shape index (κ1) is 22.1. The molecule has 176 valence electrons. The van der Waals surface area contributed by atoms with Crippen molar-refractivity contribution in [3.8, 4) is 11.3 Å². The van der Waals surface area contributed by atoms with Gasteiger partial charge in [-0.25, -0.2) is 9.78 Å². The number of aromatic nitrogens is 2. The minimum absolute atomic E-state index is 0.0395. The fraction of sp³-hybridized carbons (Fsp3) is 0.560. The van der Waals surface area contributed by atoms with Gasteiger partial charge in [0.2, 0.25) is 0 Å². The first-order chi connectivity index (χ1) is 16.0. The molecule has 1 unspecified atom stereocenters. The number of hydrogen-bond donors (Lipinski definition) is 1. The molecule has 1 N–H and O–H groups in total. The van der Waals surface area contributed by atoms with E-state index in [1.807, 2.05) is 40.1 Å². The van der Waals surface area contributed by atoms with Crippen molar-refractivity contribution >= 4 is 6.03 Å². The summed E-state index contributed by atoms with van der Waals surface area (Å²) in [7, 11) is 0. The van der Waals surface area contributed by atoms with Crippen molar-refractivity contribution in [2.45, 2.75) is 44.2 Å². The van der Waals surface area contributed by atoms with Gasteiger partial charge >= 0.3 is 6.03 Å². The number of benzene rings is 1. The summed E-state index contributed by atoms with van der Waals surface area (Å²) in [5.41, 5.74) is -0.0965. The highest BCUT2D eigenvalue weighted by atomic mass is 16.5. The summed E-state index contributed by atoms with van der Waals surface area (Å²) in [5, 5.41) is 11.9. The largest absolute Gasteiger partial charge is 0.387 e. The Balaban J connectivity index is 1.36. The van der Waals surface area contributed by atoms with E-state index in [4.69, 9.17) is 4.74 Å². The Morgan fingerprint density at radius 2 is 1.76 bits per heavy atom. The Labute approximate surface area is 193 Å². The molecule has 1 saturated carbocycles. The SMILES string of the molecule is O=C(N1CCOCC1)N1CCC(O)(Cn2cnc(-c3ccccc3)cc2=O)C2(CCCC2)C1. The second kappa shape index (κ2) is 8.91. The molecule has 1 atom stereocenters. The van der Waals surface area contributed by atoms with Gasteiger partial charge in [-0.15, -0.1) is 0 Å². The summed E-state index contributed by atoms with van der Waals surface area (Å²) in [6.07, 6.45) is 5.79. The molecular formula is C25H32N4O4. The fourth-order valence-electron chi connectivity index (χ4n) is 5.81. The Kier molecular flexibility index (Phi) is 5.97. The van der Waals surface area contributed by atoms with E-state index in [1.165, 1.54) is 10.6 Å². The summed E-state index contributed by atoms with van der Waals surface area (Å²) in [6, 6.07) is 11.2. The summed E-state index contributed by atoms with van der Waals surface area (Å²) in [5.74, 6) is 0. The highest BCUT2D eigenvalue weighted by molar-refractivity contribution is 5.75. The number of carbonyl (C=O) groups is 1. The number of likely N-dealkylation sites (tertiary alicyclic amines) is 1. The van der Waals surface area contributed by atoms with Gasteiger partial charge in [0.15, 0.2) is 0 Å². The van der Waals surface area contributed by atoms with E-state index in [-0.39, 0.29) is 18.1 Å². The summed E-state index contributed by atoms with van der Waals surface area (Å²) in [4.78, 5) is 34.3. The number of aliphatic hydroxyl groups is 1. The lowest BCUT2D eigenvalue weighted by molar-refractivity contribution is -0.137. The number of hydrogen-bond acceptors (Lipinski definition) is 5. The standard InChI is InChI=1S/C25H32N4O4/c30-22-16-21(20-6-2-1-3-7-20)26-19-29(22)18-25(32)10-11-28(17-24(25)8-4-5-9-24)23(31)27-12-14-33-15-13-27/h1-3,6-7,16,19,32H,4-5,8-15,17-18H2. The monoisotopic (exact) mass is 452 g/mol. The van der Waals surface area contributed by atoms with Crippen molar-refractivity contribution in [1.82, 2.24) is 19.4 Å². The van der Waals surface area contributed by atoms with Gasteiger partial charge in [-0.2, -0.15) is 0 Å². The van der Waals surface area contributed by atoms with E-state index in [0.29, 0.717) is 51.5 Å². The summed E-state index contributed by atoms with van der Waals surface area (Å²) in [6.45, 7) is 3.59. The number of morpholine rings is 1. The number of amides is 2. The molecule has 1 aromatic heterocycles. The zero-order valence-electron chi connectivity index (χ0n) is 19.0. The van der Waals surface area contributed by atoms with E-state index in [1.54, 1.807) is 6.33 Å². The van der Waals surface area contributed by atoms with Gasteiger partial charge in [-0.1, -0.05) is 43.2 Å². The fourth-order valence-corrected chi connectivity index (χ4v) is 5.81. The molecule has 8 heteroatoms. The topological polar surface area (TPSA) is 87.9 Å². The van der Waals surface area contributed by atoms with Crippen LogP contribution in [0, 0.1) is 5.41 Å². The van der Waals surface area contributed by atoms with Crippen molar-refractivity contribution in [2.24, 2.45) is 5.41 Å². The van der Waals surface area contributed by atoms with Crippen LogP contribution in [0.15, 0.2) is 47.5 Å². The molecule has 1 spiro atoms. The molecule has 2 aliphatic heterocycles. The van der Waals surface area contributed by atoms with E-state index in [0.717, 1.165) is 31.2 Å². The van der Waals surface area contributed by atoms with Gasteiger partial charge in [0.05, 0.1) is 37.4 Å². The number of rotatable bonds is 3. The normalized spacial score (nSPS) is 24.9. The lowest BCUT2D eigenvalue weighted by Gasteiger charge is -2.53. The number of piperidine rings is 1. The maximum atomic E-state index is 13.1. The third-order valence-electron chi connectivity index (χ3n) is 7.77. The van der Waals surface area contributed by atoms with Crippen LogP contribution in [-0.4, -0.2) is 75.5 Å². The van der Waals surface area contributed by atoms with Crippen LogP contribution >= 0.6 is 0 Å². The molecule has 2 amide bonds. The highest BCUT2D eigenvalue weighted by Crippen LogP contribution is 2.51. The molecule has 33 heavy (non-hydrogen) atoms. The van der Waals surface area contributed by atoms with Gasteiger partial charge in [0.1, 0.15) is 0 Å². The van der Waals surface area contributed by atoms with Gasteiger partial charge in [0, 0.05) is 43.2 Å². The van der Waals surface area contributed by atoms with Gasteiger partial charge in [-0.3, -0.25) is 9.36 Å². The third kappa shape index (κ3) is 4.17. The molecule has 3 heterocycles.